The number of carbonyl (C=O) groups is 1. The van der Waals surface area contributed by atoms with Crippen molar-refractivity contribution in [3.8, 4) is 0 Å². The molecule has 34 heavy (non-hydrogen) atoms. The van der Waals surface area contributed by atoms with Crippen LogP contribution in [0.15, 0.2) is 12.2 Å². The minimum Gasteiger partial charge on any atom is -0.387 e. The molecule has 0 heterocycles. The highest BCUT2D eigenvalue weighted by Crippen LogP contribution is 2.47. The van der Waals surface area contributed by atoms with E-state index in [1.165, 1.54) is 78.4 Å². The summed E-state index contributed by atoms with van der Waals surface area (Å²) >= 11 is 0. The topological polar surface area (TPSA) is 94.1 Å². The van der Waals surface area contributed by atoms with E-state index in [0.717, 1.165) is 32.1 Å². The van der Waals surface area contributed by atoms with Gasteiger partial charge >= 0.3 is 7.82 Å². The highest BCUT2D eigenvalue weighted by molar-refractivity contribution is 7.48. The van der Waals surface area contributed by atoms with E-state index in [1.54, 1.807) is 6.08 Å². The fraction of sp³-hybridized carbons (Fsp3) is 0.885. The zero-order valence-electron chi connectivity index (χ0n) is 22.3. The standard InChI is InChI=1S/C26H52NO6P/c1-5-7-9-10-11-12-13-14-15-16-17-18-20-21-25(28)24(23-33-34(30,31-3)32-4)27-26(29)22-19-8-6-2/h20-21,24-25,28H,5-19,22-23H2,1-4H3,(H,27,29)/b21-20+/t24-,25+/m0/s1. The molecular weight excluding hydrogens is 453 g/mol. The van der Waals surface area contributed by atoms with Crippen molar-refractivity contribution in [2.45, 2.75) is 129 Å². The minimum absolute atomic E-state index is 0.162. The van der Waals surface area contributed by atoms with Crippen molar-refractivity contribution in [2.24, 2.45) is 0 Å². The number of hydrogen-bond donors (Lipinski definition) is 2. The second-order valence-electron chi connectivity index (χ2n) is 8.98. The molecule has 0 aromatic heterocycles. The summed E-state index contributed by atoms with van der Waals surface area (Å²) in [6.45, 7) is 4.15. The van der Waals surface area contributed by atoms with Crippen LogP contribution in [-0.2, 0) is 22.9 Å². The molecule has 0 spiro atoms. The lowest BCUT2D eigenvalue weighted by atomic mass is 10.0. The summed E-state index contributed by atoms with van der Waals surface area (Å²) in [5, 5.41) is 13.4. The monoisotopic (exact) mass is 505 g/mol. The Labute approximate surface area is 209 Å². The van der Waals surface area contributed by atoms with Crippen LogP contribution in [0.1, 0.15) is 117 Å². The van der Waals surface area contributed by atoms with E-state index >= 15 is 0 Å². The summed E-state index contributed by atoms with van der Waals surface area (Å²) in [6, 6.07) is -0.735. The molecule has 202 valence electrons. The molecule has 0 aliphatic heterocycles. The molecule has 8 heteroatoms. The van der Waals surface area contributed by atoms with Gasteiger partial charge in [0.15, 0.2) is 0 Å². The SMILES string of the molecule is CCCCCCCCCCCCC/C=C/[C@@H](O)[C@H](COP(=O)(OC)OC)NC(=O)CCCCC. The zero-order chi connectivity index (χ0) is 25.5. The predicted octanol–water partition coefficient (Wildman–Crippen LogP) is 7.09. The Morgan fingerprint density at radius 1 is 0.853 bits per heavy atom. The molecule has 0 radical (unpaired) electrons. The first-order valence-corrected chi connectivity index (χ1v) is 14.9. The van der Waals surface area contributed by atoms with Crippen molar-refractivity contribution in [1.82, 2.24) is 5.32 Å². The molecule has 0 saturated heterocycles. The van der Waals surface area contributed by atoms with E-state index in [0.29, 0.717) is 6.42 Å². The number of carbonyl (C=O) groups excluding carboxylic acids is 1. The van der Waals surface area contributed by atoms with Gasteiger partial charge in [-0.3, -0.25) is 18.4 Å². The molecule has 0 aliphatic rings. The molecule has 0 unspecified atom stereocenters. The third-order valence-corrected chi connectivity index (χ3v) is 7.29. The summed E-state index contributed by atoms with van der Waals surface area (Å²) in [6.07, 6.45) is 21.0. The van der Waals surface area contributed by atoms with Gasteiger partial charge in [-0.15, -0.1) is 0 Å². The number of aliphatic hydroxyl groups excluding tert-OH is 1. The van der Waals surface area contributed by atoms with E-state index < -0.39 is 20.0 Å². The Balaban J connectivity index is 4.31. The van der Waals surface area contributed by atoms with Crippen molar-refractivity contribution in [2.75, 3.05) is 20.8 Å². The maximum absolute atomic E-state index is 12.3. The average Bonchev–Trinajstić information content (AvgIpc) is 2.84. The Morgan fingerprint density at radius 2 is 1.35 bits per heavy atom. The molecule has 0 fully saturated rings. The van der Waals surface area contributed by atoms with Crippen LogP contribution in [0.5, 0.6) is 0 Å². The summed E-state index contributed by atoms with van der Waals surface area (Å²) in [5.74, 6) is -0.162. The van der Waals surface area contributed by atoms with Gasteiger partial charge < -0.3 is 10.4 Å². The quantitative estimate of drug-likeness (QED) is 0.0826. The average molecular weight is 506 g/mol. The third kappa shape index (κ3) is 18.6. The number of unbranched alkanes of at least 4 members (excludes halogenated alkanes) is 13. The molecule has 0 aliphatic carbocycles. The number of phosphoric ester groups is 1. The van der Waals surface area contributed by atoms with Gasteiger partial charge in [0, 0.05) is 20.6 Å². The van der Waals surface area contributed by atoms with E-state index in [2.05, 4.69) is 19.2 Å². The molecule has 0 aromatic rings. The maximum Gasteiger partial charge on any atom is 0.474 e. The van der Waals surface area contributed by atoms with Gasteiger partial charge in [-0.2, -0.15) is 0 Å². The highest BCUT2D eigenvalue weighted by Gasteiger charge is 2.27. The summed E-state index contributed by atoms with van der Waals surface area (Å²) in [7, 11) is -1.23. The first-order chi connectivity index (χ1) is 16.4. The van der Waals surface area contributed by atoms with Crippen LogP contribution in [0, 0.1) is 0 Å². The van der Waals surface area contributed by atoms with Crippen LogP contribution in [-0.4, -0.2) is 44.0 Å². The van der Waals surface area contributed by atoms with E-state index in [9.17, 15) is 14.5 Å². The largest absolute Gasteiger partial charge is 0.474 e. The van der Waals surface area contributed by atoms with Crippen LogP contribution in [0.4, 0.5) is 0 Å². The Morgan fingerprint density at radius 3 is 1.88 bits per heavy atom. The summed E-state index contributed by atoms with van der Waals surface area (Å²) in [4.78, 5) is 12.3. The number of rotatable bonds is 24. The molecular formula is C26H52NO6P. The van der Waals surface area contributed by atoms with E-state index in [1.807, 2.05) is 6.08 Å². The predicted molar refractivity (Wildman–Crippen MR) is 140 cm³/mol. The molecule has 0 bridgehead atoms. The lowest BCUT2D eigenvalue weighted by Crippen LogP contribution is -2.45. The zero-order valence-corrected chi connectivity index (χ0v) is 23.2. The van der Waals surface area contributed by atoms with Gasteiger partial charge in [-0.25, -0.2) is 4.57 Å². The van der Waals surface area contributed by atoms with Crippen LogP contribution in [0.25, 0.3) is 0 Å². The van der Waals surface area contributed by atoms with Gasteiger partial charge in [0.1, 0.15) is 0 Å². The molecule has 7 nitrogen and oxygen atoms in total. The first kappa shape index (κ1) is 33.3. The lowest BCUT2D eigenvalue weighted by Gasteiger charge is -2.24. The Kier molecular flexibility index (Phi) is 22.2. The molecule has 1 amide bonds. The minimum atomic E-state index is -3.69. The fourth-order valence-electron chi connectivity index (χ4n) is 3.69. The fourth-order valence-corrected chi connectivity index (χ4v) is 4.39. The number of nitrogens with one attached hydrogen (secondary N) is 1. The number of hydrogen-bond acceptors (Lipinski definition) is 6. The van der Waals surface area contributed by atoms with E-state index in [-0.39, 0.29) is 12.5 Å². The van der Waals surface area contributed by atoms with Crippen molar-refractivity contribution < 1.29 is 28.0 Å². The summed E-state index contributed by atoms with van der Waals surface area (Å²) < 4.78 is 27.0. The third-order valence-electron chi connectivity index (χ3n) is 5.93. The molecule has 2 N–H and O–H groups in total. The number of phosphoric acid groups is 1. The highest BCUT2D eigenvalue weighted by atomic mass is 31.2. The van der Waals surface area contributed by atoms with Crippen molar-refractivity contribution in [3.05, 3.63) is 12.2 Å². The van der Waals surface area contributed by atoms with Crippen molar-refractivity contribution in [1.29, 1.82) is 0 Å². The van der Waals surface area contributed by atoms with Gasteiger partial charge in [0.25, 0.3) is 0 Å². The Bertz CT molecular complexity index is 549. The number of amides is 1. The van der Waals surface area contributed by atoms with Gasteiger partial charge in [0.05, 0.1) is 18.8 Å². The maximum atomic E-state index is 12.3. The van der Waals surface area contributed by atoms with Gasteiger partial charge in [0.2, 0.25) is 5.91 Å². The van der Waals surface area contributed by atoms with Gasteiger partial charge in [-0.05, 0) is 19.3 Å². The second kappa shape index (κ2) is 22.7. The van der Waals surface area contributed by atoms with Crippen molar-refractivity contribution in [3.63, 3.8) is 0 Å². The van der Waals surface area contributed by atoms with Crippen LogP contribution in [0.2, 0.25) is 0 Å². The summed E-state index contributed by atoms with van der Waals surface area (Å²) in [5.41, 5.74) is 0. The normalized spacial score (nSPS) is 13.9. The van der Waals surface area contributed by atoms with Crippen LogP contribution in [0.3, 0.4) is 0 Å². The van der Waals surface area contributed by atoms with Crippen molar-refractivity contribution >= 4 is 13.7 Å². The molecule has 0 rings (SSSR count). The number of allylic oxidation sites excluding steroid dienone is 1. The van der Waals surface area contributed by atoms with Gasteiger partial charge in [-0.1, -0.05) is 103 Å². The van der Waals surface area contributed by atoms with Crippen LogP contribution >= 0.6 is 7.82 Å². The van der Waals surface area contributed by atoms with Crippen LogP contribution < -0.4 is 5.32 Å². The lowest BCUT2D eigenvalue weighted by molar-refractivity contribution is -0.123. The number of aliphatic hydroxyl groups is 1. The molecule has 2 atom stereocenters. The molecule has 0 aromatic carbocycles. The smallest absolute Gasteiger partial charge is 0.387 e. The molecule has 0 saturated carbocycles. The first-order valence-electron chi connectivity index (χ1n) is 13.4. The van der Waals surface area contributed by atoms with E-state index in [4.69, 9.17) is 13.6 Å². The second-order valence-corrected chi connectivity index (χ2v) is 10.9. The Hall–Kier alpha value is -0.720.